The lowest BCUT2D eigenvalue weighted by molar-refractivity contribution is 0.217. The van der Waals surface area contributed by atoms with Gasteiger partial charge >= 0.3 is 7.75 Å². The zero-order chi connectivity index (χ0) is 18.1. The topological polar surface area (TPSA) is 38.8 Å². The summed E-state index contributed by atoms with van der Waals surface area (Å²) in [4.78, 5) is 0. The van der Waals surface area contributed by atoms with Crippen LogP contribution in [0.3, 0.4) is 0 Å². The van der Waals surface area contributed by atoms with Crippen molar-refractivity contribution in [1.29, 1.82) is 0 Å². The van der Waals surface area contributed by atoms with Gasteiger partial charge in [-0.05, 0) is 31.9 Å². The molecule has 2 aromatic rings. The van der Waals surface area contributed by atoms with Gasteiger partial charge in [-0.2, -0.15) is 0 Å². The number of benzene rings is 2. The summed E-state index contributed by atoms with van der Waals surface area (Å²) in [5.74, 6) is 0. The summed E-state index contributed by atoms with van der Waals surface area (Å²) < 4.78 is 26.6. The van der Waals surface area contributed by atoms with Crippen LogP contribution in [0.2, 0.25) is 0 Å². The third kappa shape index (κ3) is 4.94. The molecule has 0 amide bonds. The van der Waals surface area contributed by atoms with Crippen molar-refractivity contribution < 1.29 is 13.6 Å². The van der Waals surface area contributed by atoms with E-state index >= 15 is 0 Å². The minimum absolute atomic E-state index is 0.341. The average Bonchev–Trinajstić information content (AvgIpc) is 2.63. The summed E-state index contributed by atoms with van der Waals surface area (Å²) in [7, 11) is -3.40. The van der Waals surface area contributed by atoms with Gasteiger partial charge in [-0.1, -0.05) is 61.9 Å². The van der Waals surface area contributed by atoms with Crippen LogP contribution in [0.5, 0.6) is 0 Å². The van der Waals surface area contributed by atoms with E-state index in [-0.39, 0.29) is 0 Å². The van der Waals surface area contributed by atoms with E-state index in [1.807, 2.05) is 61.0 Å². The van der Waals surface area contributed by atoms with Gasteiger partial charge in [0.1, 0.15) is 0 Å². The Morgan fingerprint density at radius 3 is 2.08 bits per heavy atom. The number of anilines is 1. The molecule has 0 N–H and O–H groups in total. The molecular weight excluding hydrogens is 333 g/mol. The number of nitrogens with zero attached hydrogens (tertiary/aromatic N) is 1. The maximum atomic E-state index is 13.5. The van der Waals surface area contributed by atoms with Crippen LogP contribution < -0.4 is 4.67 Å². The largest absolute Gasteiger partial charge is 0.435 e. The lowest BCUT2D eigenvalue weighted by Gasteiger charge is -2.32. The number of hydrogen-bond donors (Lipinski definition) is 0. The molecule has 0 aliphatic carbocycles. The minimum Gasteiger partial charge on any atom is -0.292 e. The second-order valence-electron chi connectivity index (χ2n) is 5.66. The molecule has 5 heteroatoms. The molecule has 136 valence electrons. The lowest BCUT2D eigenvalue weighted by Crippen LogP contribution is -2.24. The number of para-hydroxylation sites is 1. The average molecular weight is 361 g/mol. The summed E-state index contributed by atoms with van der Waals surface area (Å²) in [5, 5.41) is 0. The van der Waals surface area contributed by atoms with Crippen LogP contribution in [0.25, 0.3) is 11.1 Å². The van der Waals surface area contributed by atoms with E-state index in [0.29, 0.717) is 19.8 Å². The zero-order valence-corrected chi connectivity index (χ0v) is 16.2. The van der Waals surface area contributed by atoms with Gasteiger partial charge in [0, 0.05) is 12.1 Å². The Hall–Kier alpha value is -1.61. The quantitative estimate of drug-likeness (QED) is 0.476. The summed E-state index contributed by atoms with van der Waals surface area (Å²) in [6.07, 6.45) is 1.91. The first-order chi connectivity index (χ1) is 12.2. The highest BCUT2D eigenvalue weighted by Crippen LogP contribution is 2.55. The van der Waals surface area contributed by atoms with Crippen LogP contribution in [-0.2, 0) is 13.6 Å². The van der Waals surface area contributed by atoms with Gasteiger partial charge in [-0.25, -0.2) is 4.57 Å². The highest BCUT2D eigenvalue weighted by atomic mass is 31.2. The maximum Gasteiger partial charge on any atom is 0.435 e. The summed E-state index contributed by atoms with van der Waals surface area (Å²) >= 11 is 0. The third-order valence-electron chi connectivity index (χ3n) is 3.87. The fourth-order valence-electron chi connectivity index (χ4n) is 2.75. The first-order valence-corrected chi connectivity index (χ1v) is 10.5. The molecule has 0 heterocycles. The highest BCUT2D eigenvalue weighted by molar-refractivity contribution is 7.55. The van der Waals surface area contributed by atoms with Crippen LogP contribution in [0.1, 0.15) is 33.6 Å². The second-order valence-corrected chi connectivity index (χ2v) is 7.60. The van der Waals surface area contributed by atoms with E-state index < -0.39 is 7.75 Å². The fraction of sp³-hybridized carbons (Fsp3) is 0.400. The molecule has 0 saturated carbocycles. The van der Waals surface area contributed by atoms with E-state index in [4.69, 9.17) is 9.05 Å². The predicted octanol–water partition coefficient (Wildman–Crippen LogP) is 6.14. The van der Waals surface area contributed by atoms with Gasteiger partial charge in [0.2, 0.25) is 0 Å². The van der Waals surface area contributed by atoms with E-state index in [9.17, 15) is 4.57 Å². The van der Waals surface area contributed by atoms with Gasteiger partial charge in [-0.15, -0.1) is 0 Å². The number of rotatable bonds is 10. The van der Waals surface area contributed by atoms with Gasteiger partial charge < -0.3 is 0 Å². The van der Waals surface area contributed by atoms with E-state index in [0.717, 1.165) is 29.7 Å². The van der Waals surface area contributed by atoms with Crippen LogP contribution >= 0.6 is 7.75 Å². The standard InChI is InChI=1S/C20H28NO3P/c1-4-7-17-21(25(22,23-5-2)24-6-3)20-16-12-11-15-19(20)18-13-9-8-10-14-18/h8-16H,4-7,17H2,1-3H3. The fourth-order valence-corrected chi connectivity index (χ4v) is 4.58. The van der Waals surface area contributed by atoms with E-state index in [1.165, 1.54) is 0 Å². The van der Waals surface area contributed by atoms with Crippen molar-refractivity contribution in [2.24, 2.45) is 0 Å². The molecule has 2 rings (SSSR count). The van der Waals surface area contributed by atoms with Crippen molar-refractivity contribution in [3.05, 3.63) is 54.6 Å². The Bertz CT molecular complexity index is 680. The first-order valence-electron chi connectivity index (χ1n) is 8.97. The predicted molar refractivity (Wildman–Crippen MR) is 105 cm³/mol. The molecule has 0 spiro atoms. The smallest absolute Gasteiger partial charge is 0.292 e. The van der Waals surface area contributed by atoms with Gasteiger partial charge in [0.25, 0.3) is 0 Å². The van der Waals surface area contributed by atoms with Crippen molar-refractivity contribution in [2.45, 2.75) is 33.6 Å². The van der Waals surface area contributed by atoms with Crippen molar-refractivity contribution in [3.8, 4) is 11.1 Å². The molecule has 0 radical (unpaired) electrons. The number of hydrogen-bond acceptors (Lipinski definition) is 3. The molecule has 0 aliphatic rings. The SMILES string of the molecule is CCCCN(c1ccccc1-c1ccccc1)P(=O)(OCC)OCC. The van der Waals surface area contributed by atoms with Crippen molar-refractivity contribution in [1.82, 2.24) is 0 Å². The summed E-state index contributed by atoms with van der Waals surface area (Å²) in [6.45, 7) is 7.10. The Labute approximate surface area is 151 Å². The molecule has 0 unspecified atom stereocenters. The van der Waals surface area contributed by atoms with Crippen molar-refractivity contribution >= 4 is 13.4 Å². The molecule has 0 atom stereocenters. The highest BCUT2D eigenvalue weighted by Gasteiger charge is 2.34. The minimum atomic E-state index is -3.40. The molecule has 4 nitrogen and oxygen atoms in total. The van der Waals surface area contributed by atoms with Crippen molar-refractivity contribution in [3.63, 3.8) is 0 Å². The van der Waals surface area contributed by atoms with Crippen LogP contribution in [0.4, 0.5) is 5.69 Å². The third-order valence-corrected chi connectivity index (χ3v) is 6.05. The maximum absolute atomic E-state index is 13.5. The van der Waals surface area contributed by atoms with Gasteiger partial charge in [0.05, 0.1) is 18.9 Å². The van der Waals surface area contributed by atoms with Gasteiger partial charge in [-0.3, -0.25) is 13.7 Å². The van der Waals surface area contributed by atoms with E-state index in [1.54, 1.807) is 0 Å². The van der Waals surface area contributed by atoms with E-state index in [2.05, 4.69) is 19.1 Å². The number of unbranched alkanes of at least 4 members (excludes halogenated alkanes) is 1. The normalized spacial score (nSPS) is 11.5. The van der Waals surface area contributed by atoms with Crippen LogP contribution in [0.15, 0.2) is 54.6 Å². The molecule has 0 bridgehead atoms. The molecule has 0 saturated heterocycles. The Morgan fingerprint density at radius 2 is 1.48 bits per heavy atom. The summed E-state index contributed by atoms with van der Waals surface area (Å²) in [6, 6.07) is 18.1. The van der Waals surface area contributed by atoms with Crippen LogP contribution in [-0.4, -0.2) is 19.8 Å². The summed E-state index contributed by atoms with van der Waals surface area (Å²) in [5.41, 5.74) is 2.99. The first kappa shape index (κ1) is 19.7. The molecule has 2 aromatic carbocycles. The van der Waals surface area contributed by atoms with Crippen LogP contribution in [0, 0.1) is 0 Å². The molecule has 0 aromatic heterocycles. The molecule has 25 heavy (non-hydrogen) atoms. The molecule has 0 fully saturated rings. The monoisotopic (exact) mass is 361 g/mol. The lowest BCUT2D eigenvalue weighted by atomic mass is 10.0. The second kappa shape index (κ2) is 9.76. The molecular formula is C20H28NO3P. The molecule has 0 aliphatic heterocycles. The Balaban J connectivity index is 2.53. The Kier molecular flexibility index (Phi) is 7.70. The van der Waals surface area contributed by atoms with Crippen molar-refractivity contribution in [2.75, 3.05) is 24.4 Å². The zero-order valence-electron chi connectivity index (χ0n) is 15.4. The van der Waals surface area contributed by atoms with Gasteiger partial charge in [0.15, 0.2) is 0 Å². The Morgan fingerprint density at radius 1 is 0.880 bits per heavy atom.